The lowest BCUT2D eigenvalue weighted by Gasteiger charge is -2.22. The lowest BCUT2D eigenvalue weighted by atomic mass is 9.95. The predicted molar refractivity (Wildman–Crippen MR) is 148 cm³/mol. The second-order valence-electron chi connectivity index (χ2n) is 9.63. The van der Waals surface area contributed by atoms with Gasteiger partial charge in [0.15, 0.2) is 0 Å². The predicted octanol–water partition coefficient (Wildman–Crippen LogP) is 6.61. The normalized spacial score (nSPS) is 14.0. The first kappa shape index (κ1) is 25.9. The maximum absolute atomic E-state index is 13.2. The van der Waals surface area contributed by atoms with Gasteiger partial charge in [-0.3, -0.25) is 4.79 Å². The molecule has 1 aromatic heterocycles. The number of nitrogens with zero attached hydrogens (tertiary/aromatic N) is 3. The Kier molecular flexibility index (Phi) is 8.13. The summed E-state index contributed by atoms with van der Waals surface area (Å²) in [5.74, 6) is -0.0322. The first-order valence-electron chi connectivity index (χ1n) is 13.1. The number of hydrogen-bond donors (Lipinski definition) is 1. The molecule has 0 aliphatic heterocycles. The first-order chi connectivity index (χ1) is 19.1. The maximum Gasteiger partial charge on any atom is 0.262 e. The third-order valence-electron chi connectivity index (χ3n) is 6.79. The molecular weight excluding hydrogens is 491 g/mol. The highest BCUT2D eigenvalue weighted by molar-refractivity contribution is 6.02. The summed E-state index contributed by atoms with van der Waals surface area (Å²) in [6.07, 6.45) is 8.66. The third kappa shape index (κ3) is 6.60. The highest BCUT2D eigenvalue weighted by Crippen LogP contribution is 2.29. The average molecular weight is 521 g/mol. The second kappa shape index (κ2) is 12.2. The van der Waals surface area contributed by atoms with Gasteiger partial charge in [-0.1, -0.05) is 61.7 Å². The highest BCUT2D eigenvalue weighted by Gasteiger charge is 2.20. The van der Waals surface area contributed by atoms with Crippen molar-refractivity contribution in [2.75, 3.05) is 0 Å². The Morgan fingerprint density at radius 3 is 2.56 bits per heavy atom. The molecule has 0 atom stereocenters. The van der Waals surface area contributed by atoms with E-state index in [2.05, 4.69) is 11.4 Å². The van der Waals surface area contributed by atoms with Crippen LogP contribution >= 0.6 is 0 Å². The van der Waals surface area contributed by atoms with E-state index in [0.29, 0.717) is 17.0 Å². The molecule has 3 aromatic carbocycles. The summed E-state index contributed by atoms with van der Waals surface area (Å²) in [5, 5.41) is 17.7. The lowest BCUT2D eigenvalue weighted by Crippen LogP contribution is -2.36. The fourth-order valence-corrected chi connectivity index (χ4v) is 4.72. The van der Waals surface area contributed by atoms with Crippen LogP contribution < -0.4 is 10.1 Å². The van der Waals surface area contributed by atoms with Crippen LogP contribution in [0.15, 0.2) is 90.6 Å². The number of para-hydroxylation sites is 1. The number of nitrogens with one attached hydrogen (secondary N) is 1. The fourth-order valence-electron chi connectivity index (χ4n) is 4.72. The van der Waals surface area contributed by atoms with E-state index in [0.717, 1.165) is 42.5 Å². The SMILES string of the molecule is N#CC(=Cc1cn(-c2ccccc2)nc1-c1cccc(OCc2ccc(F)cc2)c1)C(=O)NC1CCCCC1. The van der Waals surface area contributed by atoms with Crippen LogP contribution in [-0.2, 0) is 11.4 Å². The minimum Gasteiger partial charge on any atom is -0.489 e. The van der Waals surface area contributed by atoms with Gasteiger partial charge < -0.3 is 10.1 Å². The minimum absolute atomic E-state index is 0.0400. The Morgan fingerprint density at radius 2 is 1.82 bits per heavy atom. The van der Waals surface area contributed by atoms with E-state index in [-0.39, 0.29) is 29.9 Å². The molecule has 1 amide bonds. The van der Waals surface area contributed by atoms with Gasteiger partial charge in [0.1, 0.15) is 35.5 Å². The Balaban J connectivity index is 1.45. The van der Waals surface area contributed by atoms with Crippen LogP contribution in [0.3, 0.4) is 0 Å². The molecule has 1 fully saturated rings. The summed E-state index contributed by atoms with van der Waals surface area (Å²) in [7, 11) is 0. The number of ether oxygens (including phenoxy) is 1. The van der Waals surface area contributed by atoms with Crippen molar-refractivity contribution in [3.63, 3.8) is 0 Å². The summed E-state index contributed by atoms with van der Waals surface area (Å²) >= 11 is 0. The molecule has 5 rings (SSSR count). The maximum atomic E-state index is 13.2. The van der Waals surface area contributed by atoms with Gasteiger partial charge in [-0.15, -0.1) is 0 Å². The summed E-state index contributed by atoms with van der Waals surface area (Å²) in [4.78, 5) is 13.0. The molecule has 0 saturated heterocycles. The van der Waals surface area contributed by atoms with E-state index in [9.17, 15) is 14.4 Å². The number of hydrogen-bond acceptors (Lipinski definition) is 4. The molecule has 0 unspecified atom stereocenters. The lowest BCUT2D eigenvalue weighted by molar-refractivity contribution is -0.117. The summed E-state index contributed by atoms with van der Waals surface area (Å²) in [6.45, 7) is 0.287. The number of nitriles is 1. The molecular formula is C32H29FN4O2. The largest absolute Gasteiger partial charge is 0.489 e. The molecule has 0 spiro atoms. The van der Waals surface area contributed by atoms with Crippen LogP contribution in [0.4, 0.5) is 4.39 Å². The smallest absolute Gasteiger partial charge is 0.262 e. The van der Waals surface area contributed by atoms with Crippen molar-refractivity contribution in [3.8, 4) is 28.8 Å². The van der Waals surface area contributed by atoms with E-state index < -0.39 is 0 Å². The number of carbonyl (C=O) groups is 1. The van der Waals surface area contributed by atoms with E-state index in [1.54, 1.807) is 22.9 Å². The zero-order valence-electron chi connectivity index (χ0n) is 21.5. The molecule has 1 saturated carbocycles. The molecule has 6 nitrogen and oxygen atoms in total. The van der Waals surface area contributed by atoms with Crippen LogP contribution in [0.1, 0.15) is 43.2 Å². The van der Waals surface area contributed by atoms with E-state index in [1.807, 2.05) is 60.8 Å². The molecule has 1 N–H and O–H groups in total. The van der Waals surface area contributed by atoms with Crippen molar-refractivity contribution in [2.24, 2.45) is 0 Å². The van der Waals surface area contributed by atoms with Gasteiger partial charge in [-0.2, -0.15) is 10.4 Å². The fraction of sp³-hybridized carbons (Fsp3) is 0.219. The van der Waals surface area contributed by atoms with Crippen LogP contribution in [0.2, 0.25) is 0 Å². The van der Waals surface area contributed by atoms with Crippen molar-refractivity contribution in [2.45, 2.75) is 44.8 Å². The standard InChI is InChI=1S/C32H29FN4O2/c33-27-16-14-23(15-17-27)22-39-30-13-7-8-24(19-30)31-26(21-37(36-31)29-11-5-2-6-12-29)18-25(20-34)32(38)35-28-9-3-1-4-10-28/h2,5-8,11-19,21,28H,1,3-4,9-10,22H2,(H,35,38). The quantitative estimate of drug-likeness (QED) is 0.209. The number of carbonyl (C=O) groups excluding carboxylic acids is 1. The first-order valence-corrected chi connectivity index (χ1v) is 13.1. The van der Waals surface area contributed by atoms with Gasteiger partial charge in [0.05, 0.1) is 5.69 Å². The van der Waals surface area contributed by atoms with Gasteiger partial charge >= 0.3 is 0 Å². The van der Waals surface area contributed by atoms with Crippen LogP contribution in [0.25, 0.3) is 23.0 Å². The van der Waals surface area contributed by atoms with Gasteiger partial charge in [0.25, 0.3) is 5.91 Å². The molecule has 1 aliphatic carbocycles. The monoisotopic (exact) mass is 520 g/mol. The van der Waals surface area contributed by atoms with Crippen LogP contribution in [0.5, 0.6) is 5.75 Å². The van der Waals surface area contributed by atoms with Gasteiger partial charge in [0.2, 0.25) is 0 Å². The molecule has 4 aromatic rings. The van der Waals surface area contributed by atoms with Crippen LogP contribution in [-0.4, -0.2) is 21.7 Å². The Hall–Kier alpha value is -4.70. The van der Waals surface area contributed by atoms with Crippen molar-refractivity contribution in [3.05, 3.63) is 108 Å². The Morgan fingerprint density at radius 1 is 1.05 bits per heavy atom. The molecule has 39 heavy (non-hydrogen) atoms. The number of rotatable bonds is 8. The Bertz CT molecular complexity index is 1500. The second-order valence-corrected chi connectivity index (χ2v) is 9.63. The molecule has 1 aliphatic rings. The molecule has 7 heteroatoms. The van der Waals surface area contributed by atoms with Gasteiger partial charge in [-0.05, 0) is 60.9 Å². The zero-order chi connectivity index (χ0) is 27.0. The minimum atomic E-state index is -0.362. The summed E-state index contributed by atoms with van der Waals surface area (Å²) in [6, 6.07) is 25.5. The van der Waals surface area contributed by atoms with E-state index in [4.69, 9.17) is 9.84 Å². The van der Waals surface area contributed by atoms with Crippen molar-refractivity contribution in [1.29, 1.82) is 5.26 Å². The van der Waals surface area contributed by atoms with Crippen molar-refractivity contribution in [1.82, 2.24) is 15.1 Å². The van der Waals surface area contributed by atoms with Gasteiger partial charge in [-0.25, -0.2) is 9.07 Å². The molecule has 196 valence electrons. The topological polar surface area (TPSA) is 79.9 Å². The number of amides is 1. The highest BCUT2D eigenvalue weighted by atomic mass is 19.1. The van der Waals surface area contributed by atoms with Crippen molar-refractivity contribution < 1.29 is 13.9 Å². The van der Waals surface area contributed by atoms with E-state index >= 15 is 0 Å². The number of aromatic nitrogens is 2. The Labute approximate surface area is 227 Å². The molecule has 1 heterocycles. The summed E-state index contributed by atoms with van der Waals surface area (Å²) < 4.78 is 20.9. The molecule has 0 radical (unpaired) electrons. The van der Waals surface area contributed by atoms with E-state index in [1.165, 1.54) is 18.6 Å². The average Bonchev–Trinajstić information content (AvgIpc) is 3.41. The third-order valence-corrected chi connectivity index (χ3v) is 6.79. The number of halogens is 1. The van der Waals surface area contributed by atoms with Crippen LogP contribution in [0, 0.1) is 17.1 Å². The van der Waals surface area contributed by atoms with Crippen molar-refractivity contribution >= 4 is 12.0 Å². The molecule has 0 bridgehead atoms. The number of benzene rings is 3. The zero-order valence-corrected chi connectivity index (χ0v) is 21.5. The van der Waals surface area contributed by atoms with Gasteiger partial charge in [0, 0.05) is 23.4 Å². The summed E-state index contributed by atoms with van der Waals surface area (Å²) in [5.41, 5.74) is 3.78.